The summed E-state index contributed by atoms with van der Waals surface area (Å²) in [5, 5.41) is 2.80. The normalized spacial score (nSPS) is 11.4. The van der Waals surface area contributed by atoms with E-state index in [2.05, 4.69) is 5.32 Å². The largest absolute Gasteiger partial charge is 0.482 e. The number of hydrogen-bond acceptors (Lipinski definition) is 4. The molecule has 29 heavy (non-hydrogen) atoms. The van der Waals surface area contributed by atoms with Crippen LogP contribution < -0.4 is 10.1 Å². The quantitative estimate of drug-likeness (QED) is 0.600. The van der Waals surface area contributed by atoms with Crippen molar-refractivity contribution >= 4 is 17.6 Å². The minimum absolute atomic E-state index is 0.286. The average Bonchev–Trinajstić information content (AvgIpc) is 2.73. The fourth-order valence-electron chi connectivity index (χ4n) is 2.77. The van der Waals surface area contributed by atoms with E-state index < -0.39 is 18.0 Å². The van der Waals surface area contributed by atoms with Crippen LogP contribution in [0.2, 0.25) is 0 Å². The minimum atomic E-state index is -1.08. The molecule has 5 heteroatoms. The van der Waals surface area contributed by atoms with Crippen LogP contribution in [0.3, 0.4) is 0 Å². The van der Waals surface area contributed by atoms with Gasteiger partial charge >= 0.3 is 5.97 Å². The predicted molar refractivity (Wildman–Crippen MR) is 112 cm³/mol. The Labute approximate surface area is 170 Å². The molecule has 0 aliphatic rings. The van der Waals surface area contributed by atoms with Crippen molar-refractivity contribution in [2.24, 2.45) is 0 Å². The molecule has 0 saturated heterocycles. The van der Waals surface area contributed by atoms with Gasteiger partial charge in [-0.2, -0.15) is 0 Å². The Morgan fingerprint density at radius 1 is 0.862 bits per heavy atom. The first-order valence-electron chi connectivity index (χ1n) is 9.33. The molecule has 0 aliphatic carbocycles. The average molecular weight is 389 g/mol. The summed E-state index contributed by atoms with van der Waals surface area (Å²) in [7, 11) is 0. The summed E-state index contributed by atoms with van der Waals surface area (Å²) in [5.74, 6) is -0.449. The number of carbonyl (C=O) groups is 2. The molecule has 0 radical (unpaired) electrons. The van der Waals surface area contributed by atoms with E-state index in [4.69, 9.17) is 9.47 Å². The molecule has 3 aromatic rings. The number of nitrogens with one attached hydrogen (secondary N) is 1. The van der Waals surface area contributed by atoms with Gasteiger partial charge in [0.05, 0.1) is 0 Å². The SMILES string of the molecule is Cc1ccc(NC(=O)C(OC(=O)COc2ccccc2C)c2ccccc2)cc1. The van der Waals surface area contributed by atoms with Crippen molar-refractivity contribution < 1.29 is 19.1 Å². The van der Waals surface area contributed by atoms with Crippen LogP contribution in [0, 0.1) is 13.8 Å². The zero-order chi connectivity index (χ0) is 20.6. The van der Waals surface area contributed by atoms with Gasteiger partial charge in [-0.1, -0.05) is 66.2 Å². The fourth-order valence-corrected chi connectivity index (χ4v) is 2.77. The Morgan fingerprint density at radius 2 is 1.52 bits per heavy atom. The molecule has 1 amide bonds. The first-order chi connectivity index (χ1) is 14.0. The number of ether oxygens (including phenoxy) is 2. The highest BCUT2D eigenvalue weighted by atomic mass is 16.6. The summed E-state index contributed by atoms with van der Waals surface area (Å²) in [6.07, 6.45) is -1.08. The maximum Gasteiger partial charge on any atom is 0.345 e. The Bertz CT molecular complexity index is 968. The van der Waals surface area contributed by atoms with Gasteiger partial charge in [-0.25, -0.2) is 4.79 Å². The third-order valence-electron chi connectivity index (χ3n) is 4.35. The van der Waals surface area contributed by atoms with Crippen LogP contribution in [-0.4, -0.2) is 18.5 Å². The molecule has 3 rings (SSSR count). The van der Waals surface area contributed by atoms with Gasteiger partial charge in [0.2, 0.25) is 6.10 Å². The summed E-state index contributed by atoms with van der Waals surface area (Å²) in [5.41, 5.74) is 3.22. The molecule has 0 saturated carbocycles. The molecule has 148 valence electrons. The van der Waals surface area contributed by atoms with Crippen LogP contribution >= 0.6 is 0 Å². The fraction of sp³-hybridized carbons (Fsp3) is 0.167. The molecule has 0 spiro atoms. The molecule has 0 heterocycles. The van der Waals surface area contributed by atoms with E-state index in [0.717, 1.165) is 11.1 Å². The number of rotatable bonds is 7. The first kappa shape index (κ1) is 20.1. The van der Waals surface area contributed by atoms with Crippen molar-refractivity contribution in [2.45, 2.75) is 20.0 Å². The van der Waals surface area contributed by atoms with Gasteiger partial charge in [0.25, 0.3) is 5.91 Å². The Morgan fingerprint density at radius 3 is 2.21 bits per heavy atom. The van der Waals surface area contributed by atoms with Crippen molar-refractivity contribution in [1.82, 2.24) is 0 Å². The highest BCUT2D eigenvalue weighted by Crippen LogP contribution is 2.21. The zero-order valence-electron chi connectivity index (χ0n) is 16.4. The standard InChI is InChI=1S/C24H23NO4/c1-17-12-14-20(15-13-17)25-24(27)23(19-9-4-3-5-10-19)29-22(26)16-28-21-11-7-6-8-18(21)2/h3-15,23H,16H2,1-2H3,(H,25,27). The number of amides is 1. The second kappa shape index (κ2) is 9.55. The third kappa shape index (κ3) is 5.69. The van der Waals surface area contributed by atoms with Gasteiger partial charge in [0.1, 0.15) is 5.75 Å². The van der Waals surface area contributed by atoms with E-state index in [-0.39, 0.29) is 6.61 Å². The topological polar surface area (TPSA) is 64.6 Å². The van der Waals surface area contributed by atoms with Crippen molar-refractivity contribution in [3.05, 3.63) is 95.6 Å². The minimum Gasteiger partial charge on any atom is -0.482 e. The molecular formula is C24H23NO4. The van der Waals surface area contributed by atoms with E-state index in [1.165, 1.54) is 0 Å². The predicted octanol–water partition coefficient (Wildman–Crippen LogP) is 4.61. The second-order valence-corrected chi connectivity index (χ2v) is 6.69. The number of anilines is 1. The van der Waals surface area contributed by atoms with E-state index in [1.54, 1.807) is 42.5 Å². The maximum atomic E-state index is 12.8. The molecule has 0 bridgehead atoms. The van der Waals surface area contributed by atoms with E-state index in [0.29, 0.717) is 17.0 Å². The molecule has 0 aromatic heterocycles. The second-order valence-electron chi connectivity index (χ2n) is 6.69. The van der Waals surface area contributed by atoms with E-state index >= 15 is 0 Å². The molecule has 0 aliphatic heterocycles. The Kier molecular flexibility index (Phi) is 6.63. The molecule has 5 nitrogen and oxygen atoms in total. The van der Waals surface area contributed by atoms with Gasteiger partial charge in [0, 0.05) is 11.3 Å². The number of para-hydroxylation sites is 1. The summed E-state index contributed by atoms with van der Waals surface area (Å²) in [6.45, 7) is 3.57. The van der Waals surface area contributed by atoms with Crippen molar-refractivity contribution in [1.29, 1.82) is 0 Å². The lowest BCUT2D eigenvalue weighted by Crippen LogP contribution is -2.28. The zero-order valence-corrected chi connectivity index (χ0v) is 16.4. The number of esters is 1. The Balaban J connectivity index is 1.70. The maximum absolute atomic E-state index is 12.8. The lowest BCUT2D eigenvalue weighted by Gasteiger charge is -2.18. The van der Waals surface area contributed by atoms with Gasteiger partial charge in [-0.3, -0.25) is 4.79 Å². The van der Waals surface area contributed by atoms with Gasteiger partial charge < -0.3 is 14.8 Å². The number of aryl methyl sites for hydroxylation is 2. The lowest BCUT2D eigenvalue weighted by molar-refractivity contribution is -0.156. The van der Waals surface area contributed by atoms with Crippen LogP contribution in [-0.2, 0) is 14.3 Å². The van der Waals surface area contributed by atoms with Crippen LogP contribution in [0.25, 0.3) is 0 Å². The molecule has 0 fully saturated rings. The lowest BCUT2D eigenvalue weighted by atomic mass is 10.1. The van der Waals surface area contributed by atoms with Crippen molar-refractivity contribution in [3.8, 4) is 5.75 Å². The molecule has 1 atom stereocenters. The van der Waals surface area contributed by atoms with Crippen LogP contribution in [0.15, 0.2) is 78.9 Å². The molecule has 3 aromatic carbocycles. The number of carbonyl (C=O) groups excluding carboxylic acids is 2. The van der Waals surface area contributed by atoms with Crippen LogP contribution in [0.5, 0.6) is 5.75 Å². The van der Waals surface area contributed by atoms with Gasteiger partial charge in [0.15, 0.2) is 6.61 Å². The summed E-state index contributed by atoms with van der Waals surface area (Å²) in [6, 6.07) is 23.7. The van der Waals surface area contributed by atoms with Crippen LogP contribution in [0.4, 0.5) is 5.69 Å². The van der Waals surface area contributed by atoms with Crippen molar-refractivity contribution in [3.63, 3.8) is 0 Å². The molecule has 1 N–H and O–H groups in total. The summed E-state index contributed by atoms with van der Waals surface area (Å²) >= 11 is 0. The summed E-state index contributed by atoms with van der Waals surface area (Å²) < 4.78 is 11.0. The highest BCUT2D eigenvalue weighted by molar-refractivity contribution is 5.96. The van der Waals surface area contributed by atoms with E-state index in [9.17, 15) is 9.59 Å². The van der Waals surface area contributed by atoms with Gasteiger partial charge in [-0.05, 0) is 37.6 Å². The van der Waals surface area contributed by atoms with Crippen molar-refractivity contribution in [2.75, 3.05) is 11.9 Å². The number of hydrogen-bond donors (Lipinski definition) is 1. The number of benzene rings is 3. The monoisotopic (exact) mass is 389 g/mol. The highest BCUT2D eigenvalue weighted by Gasteiger charge is 2.25. The van der Waals surface area contributed by atoms with Gasteiger partial charge in [-0.15, -0.1) is 0 Å². The third-order valence-corrected chi connectivity index (χ3v) is 4.35. The molecule has 1 unspecified atom stereocenters. The summed E-state index contributed by atoms with van der Waals surface area (Å²) in [4.78, 5) is 25.2. The smallest absolute Gasteiger partial charge is 0.345 e. The molecular weight excluding hydrogens is 366 g/mol. The Hall–Kier alpha value is -3.60. The van der Waals surface area contributed by atoms with Crippen LogP contribution in [0.1, 0.15) is 22.8 Å². The van der Waals surface area contributed by atoms with E-state index in [1.807, 2.05) is 50.2 Å². The first-order valence-corrected chi connectivity index (χ1v) is 9.33.